The smallest absolute Gasteiger partial charge is 0.417 e. The third-order valence-electron chi connectivity index (χ3n) is 6.03. The summed E-state index contributed by atoms with van der Waals surface area (Å²) in [6, 6.07) is 18.3. The zero-order chi connectivity index (χ0) is 29.1. The highest BCUT2D eigenvalue weighted by atomic mass is 35.5. The Morgan fingerprint density at radius 2 is 1.61 bits per heavy atom. The third kappa shape index (κ3) is 6.29. The number of amides is 2. The fraction of sp³-hybridized carbons (Fsp3) is 0.0690. The van der Waals surface area contributed by atoms with Gasteiger partial charge in [0.15, 0.2) is 0 Å². The molecule has 2 N–H and O–H groups in total. The number of alkyl halides is 3. The summed E-state index contributed by atoms with van der Waals surface area (Å²) in [5.41, 5.74) is 3.01. The van der Waals surface area contributed by atoms with E-state index in [1.807, 2.05) is 24.4 Å². The van der Waals surface area contributed by atoms with Gasteiger partial charge in [-0.05, 0) is 72.3 Å². The van der Waals surface area contributed by atoms with E-state index in [0.29, 0.717) is 27.8 Å². The van der Waals surface area contributed by atoms with Gasteiger partial charge < -0.3 is 15.4 Å². The summed E-state index contributed by atoms with van der Waals surface area (Å²) in [5, 5.41) is 9.81. The molecule has 0 atom stereocenters. The number of anilines is 2. The summed E-state index contributed by atoms with van der Waals surface area (Å²) in [7, 11) is 1.54. The van der Waals surface area contributed by atoms with Gasteiger partial charge in [0.2, 0.25) is 0 Å². The van der Waals surface area contributed by atoms with Gasteiger partial charge in [-0.15, -0.1) is 0 Å². The Morgan fingerprint density at radius 3 is 2.29 bits per heavy atom. The summed E-state index contributed by atoms with van der Waals surface area (Å²) in [5.74, 6) is 0.533. The Labute approximate surface area is 242 Å². The van der Waals surface area contributed by atoms with E-state index in [-0.39, 0.29) is 5.69 Å². The van der Waals surface area contributed by atoms with Crippen LogP contribution in [0.2, 0.25) is 10.0 Å². The number of benzene rings is 3. The lowest BCUT2D eigenvalue weighted by molar-refractivity contribution is -0.137. The summed E-state index contributed by atoms with van der Waals surface area (Å²) in [6.45, 7) is 0. The first-order valence-corrected chi connectivity index (χ1v) is 12.8. The molecule has 5 aromatic rings. The maximum absolute atomic E-state index is 13.2. The first-order valence-electron chi connectivity index (χ1n) is 12.0. The van der Waals surface area contributed by atoms with Gasteiger partial charge in [-0.3, -0.25) is 4.98 Å². The van der Waals surface area contributed by atoms with E-state index in [2.05, 4.69) is 15.6 Å². The maximum Gasteiger partial charge on any atom is 0.417 e. The van der Waals surface area contributed by atoms with Crippen LogP contribution in [-0.2, 0) is 6.18 Å². The van der Waals surface area contributed by atoms with Crippen molar-refractivity contribution >= 4 is 40.6 Å². The number of rotatable bonds is 6. The SMILES string of the molecule is COc1ccc(-c2nn(-c3cccc(NC(=O)Nc4ccc(Cl)c(C(F)(F)F)c4)c3)cc2-c2ccncc2)cc1Cl. The Hall–Kier alpha value is -4.54. The molecule has 0 spiro atoms. The van der Waals surface area contributed by atoms with Gasteiger partial charge in [0.1, 0.15) is 11.4 Å². The van der Waals surface area contributed by atoms with E-state index in [1.165, 1.54) is 13.2 Å². The summed E-state index contributed by atoms with van der Waals surface area (Å²) in [4.78, 5) is 16.7. The van der Waals surface area contributed by atoms with Crippen LogP contribution in [0, 0.1) is 0 Å². The van der Waals surface area contributed by atoms with E-state index in [9.17, 15) is 18.0 Å². The number of pyridine rings is 1. The highest BCUT2D eigenvalue weighted by Crippen LogP contribution is 2.37. The lowest BCUT2D eigenvalue weighted by Crippen LogP contribution is -2.20. The average Bonchev–Trinajstić information content (AvgIpc) is 3.40. The van der Waals surface area contributed by atoms with E-state index in [4.69, 9.17) is 33.0 Å². The largest absolute Gasteiger partial charge is 0.495 e. The lowest BCUT2D eigenvalue weighted by atomic mass is 10.0. The zero-order valence-corrected chi connectivity index (χ0v) is 22.7. The second-order valence-corrected chi connectivity index (χ2v) is 9.56. The summed E-state index contributed by atoms with van der Waals surface area (Å²) in [6.07, 6.45) is 0.542. The number of urea groups is 1. The van der Waals surface area contributed by atoms with Gasteiger partial charge >= 0.3 is 12.2 Å². The van der Waals surface area contributed by atoms with Crippen molar-refractivity contribution in [3.63, 3.8) is 0 Å². The van der Waals surface area contributed by atoms with Gasteiger partial charge in [-0.2, -0.15) is 18.3 Å². The van der Waals surface area contributed by atoms with E-state index in [1.54, 1.807) is 53.5 Å². The van der Waals surface area contributed by atoms with Crippen LogP contribution in [-0.4, -0.2) is 27.9 Å². The van der Waals surface area contributed by atoms with Crippen LogP contribution >= 0.6 is 23.2 Å². The molecule has 0 bridgehead atoms. The van der Waals surface area contributed by atoms with E-state index in [0.717, 1.165) is 28.8 Å². The third-order valence-corrected chi connectivity index (χ3v) is 6.65. The highest BCUT2D eigenvalue weighted by Gasteiger charge is 2.33. The number of carbonyl (C=O) groups is 1. The Morgan fingerprint density at radius 1 is 0.878 bits per heavy atom. The van der Waals surface area contributed by atoms with Crippen molar-refractivity contribution in [1.29, 1.82) is 0 Å². The Bertz CT molecular complexity index is 1730. The molecule has 2 aromatic heterocycles. The Kier molecular flexibility index (Phi) is 7.87. The average molecular weight is 598 g/mol. The second kappa shape index (κ2) is 11.5. The lowest BCUT2D eigenvalue weighted by Gasteiger charge is -2.13. The monoisotopic (exact) mass is 597 g/mol. The maximum atomic E-state index is 13.2. The predicted octanol–water partition coefficient (Wildman–Crippen LogP) is 8.58. The zero-order valence-electron chi connectivity index (χ0n) is 21.2. The highest BCUT2D eigenvalue weighted by molar-refractivity contribution is 6.32. The molecule has 0 aliphatic heterocycles. The fourth-order valence-electron chi connectivity index (χ4n) is 4.12. The van der Waals surface area contributed by atoms with Crippen molar-refractivity contribution < 1.29 is 22.7 Å². The van der Waals surface area contributed by atoms with Crippen LogP contribution in [0.3, 0.4) is 0 Å². The van der Waals surface area contributed by atoms with Crippen molar-refractivity contribution in [1.82, 2.24) is 14.8 Å². The molecule has 2 amide bonds. The number of nitrogens with one attached hydrogen (secondary N) is 2. The van der Waals surface area contributed by atoms with Crippen LogP contribution in [0.25, 0.3) is 28.1 Å². The molecule has 0 aliphatic carbocycles. The topological polar surface area (TPSA) is 81.1 Å². The number of halogens is 5. The quantitative estimate of drug-likeness (QED) is 0.205. The number of methoxy groups -OCH3 is 1. The van der Waals surface area contributed by atoms with Crippen molar-refractivity contribution in [3.8, 4) is 33.8 Å². The van der Waals surface area contributed by atoms with Crippen molar-refractivity contribution in [3.05, 3.63) is 107 Å². The van der Waals surface area contributed by atoms with Crippen LogP contribution in [0.4, 0.5) is 29.3 Å². The molecule has 3 aromatic carbocycles. The predicted molar refractivity (Wildman–Crippen MR) is 153 cm³/mol. The van der Waals surface area contributed by atoms with Gasteiger partial charge in [0, 0.05) is 41.1 Å². The molecule has 41 heavy (non-hydrogen) atoms. The van der Waals surface area contributed by atoms with Gasteiger partial charge in [-0.1, -0.05) is 29.3 Å². The number of hydrogen-bond acceptors (Lipinski definition) is 4. The first-order chi connectivity index (χ1) is 19.6. The van der Waals surface area contributed by atoms with Crippen molar-refractivity contribution in [2.45, 2.75) is 6.18 Å². The number of ether oxygens (including phenoxy) is 1. The fourth-order valence-corrected chi connectivity index (χ4v) is 4.60. The summed E-state index contributed by atoms with van der Waals surface area (Å²) >= 11 is 12.1. The molecule has 2 heterocycles. The Balaban J connectivity index is 1.43. The van der Waals surface area contributed by atoms with Crippen LogP contribution in [0.5, 0.6) is 5.75 Å². The number of nitrogens with zero attached hydrogens (tertiary/aromatic N) is 3. The van der Waals surface area contributed by atoms with Crippen LogP contribution in [0.1, 0.15) is 5.56 Å². The second-order valence-electron chi connectivity index (χ2n) is 8.74. The molecule has 0 saturated carbocycles. The molecule has 12 heteroatoms. The molecule has 0 radical (unpaired) electrons. The molecule has 5 rings (SSSR count). The van der Waals surface area contributed by atoms with Crippen molar-refractivity contribution in [2.24, 2.45) is 0 Å². The molecule has 208 valence electrons. The minimum absolute atomic E-state index is 0.0627. The molecular weight excluding hydrogens is 578 g/mol. The summed E-state index contributed by atoms with van der Waals surface area (Å²) < 4.78 is 46.5. The molecule has 0 aliphatic rings. The molecule has 0 unspecified atom stereocenters. The normalized spacial score (nSPS) is 11.3. The first kappa shape index (κ1) is 28.0. The molecule has 0 fully saturated rings. The van der Waals surface area contributed by atoms with Crippen LogP contribution < -0.4 is 15.4 Å². The van der Waals surface area contributed by atoms with Gasteiger partial charge in [0.25, 0.3) is 0 Å². The van der Waals surface area contributed by atoms with Crippen LogP contribution in [0.15, 0.2) is 91.4 Å². The molecular formula is C29H20Cl2F3N5O2. The molecule has 0 saturated heterocycles. The standard InChI is InChI=1S/C29H20Cl2F3N5O2/c1-41-26-8-5-18(13-25(26)31)27-22(17-9-11-35-12-10-17)16-39(38-27)21-4-2-3-19(14-21)36-28(40)37-20-6-7-24(30)23(15-20)29(32,33)34/h2-16H,1H3,(H2,36,37,40). The minimum Gasteiger partial charge on any atom is -0.495 e. The minimum atomic E-state index is -4.66. The number of aromatic nitrogens is 3. The van der Waals surface area contributed by atoms with E-state index >= 15 is 0 Å². The number of carbonyl (C=O) groups excluding carboxylic acids is 1. The van der Waals surface area contributed by atoms with E-state index < -0.39 is 22.8 Å². The molecule has 7 nitrogen and oxygen atoms in total. The van der Waals surface area contributed by atoms with Crippen molar-refractivity contribution in [2.75, 3.05) is 17.7 Å². The van der Waals surface area contributed by atoms with Gasteiger partial charge in [0.05, 0.1) is 28.4 Å². The number of hydrogen-bond donors (Lipinski definition) is 2. The van der Waals surface area contributed by atoms with Gasteiger partial charge in [-0.25, -0.2) is 9.48 Å².